The lowest BCUT2D eigenvalue weighted by molar-refractivity contribution is 0.488. The maximum Gasteiger partial charge on any atom is 0.163 e. The zero-order chi connectivity index (χ0) is 14.7. The van der Waals surface area contributed by atoms with Crippen molar-refractivity contribution < 1.29 is 8.78 Å². The number of aryl methyl sites for hydroxylation is 1. The Bertz CT molecular complexity index is 599. The maximum atomic E-state index is 13.7. The molecule has 1 atom stereocenters. The third-order valence-electron chi connectivity index (χ3n) is 3.29. The van der Waals surface area contributed by atoms with E-state index < -0.39 is 17.7 Å². The van der Waals surface area contributed by atoms with E-state index >= 15 is 0 Å². The fourth-order valence-electron chi connectivity index (χ4n) is 2.17. The van der Waals surface area contributed by atoms with Gasteiger partial charge in [-0.25, -0.2) is 8.78 Å². The molecule has 0 saturated heterocycles. The molecule has 0 fully saturated rings. The Hall–Kier alpha value is -1.94. The number of rotatable bonds is 4. The van der Waals surface area contributed by atoms with Crippen LogP contribution in [-0.4, -0.2) is 13.6 Å². The van der Waals surface area contributed by atoms with Gasteiger partial charge in [0.25, 0.3) is 0 Å². The Balaban J connectivity index is 2.15. The lowest BCUT2D eigenvalue weighted by Gasteiger charge is -2.24. The Morgan fingerprint density at radius 1 is 1.15 bits per heavy atom. The summed E-state index contributed by atoms with van der Waals surface area (Å²) in [4.78, 5) is 1.93. The third kappa shape index (κ3) is 3.14. The van der Waals surface area contributed by atoms with Crippen LogP contribution in [0.3, 0.4) is 0 Å². The second-order valence-electron chi connectivity index (χ2n) is 4.97. The van der Waals surface area contributed by atoms with Gasteiger partial charge in [-0.3, -0.25) is 0 Å². The number of anilines is 1. The number of nitrogens with two attached hydrogens (primary N) is 1. The molecule has 0 saturated carbocycles. The minimum atomic E-state index is -0.865. The summed E-state index contributed by atoms with van der Waals surface area (Å²) in [5, 5.41) is 0. The van der Waals surface area contributed by atoms with Gasteiger partial charge < -0.3 is 10.6 Å². The Morgan fingerprint density at radius 2 is 1.85 bits per heavy atom. The van der Waals surface area contributed by atoms with Gasteiger partial charge in [-0.05, 0) is 30.7 Å². The number of nitrogens with zero attached hydrogens (tertiary/aromatic N) is 1. The van der Waals surface area contributed by atoms with E-state index in [1.54, 1.807) is 0 Å². The van der Waals surface area contributed by atoms with E-state index in [-0.39, 0.29) is 5.56 Å². The van der Waals surface area contributed by atoms with E-state index in [1.807, 2.05) is 43.1 Å². The molecule has 106 valence electrons. The molecule has 0 amide bonds. The van der Waals surface area contributed by atoms with Gasteiger partial charge in [0.05, 0.1) is 6.04 Å². The summed E-state index contributed by atoms with van der Waals surface area (Å²) in [6.45, 7) is 2.41. The van der Waals surface area contributed by atoms with Crippen LogP contribution in [0.4, 0.5) is 14.5 Å². The summed E-state index contributed by atoms with van der Waals surface area (Å²) in [7, 11) is 1.88. The Labute approximate surface area is 117 Å². The quantitative estimate of drug-likeness (QED) is 0.927. The summed E-state index contributed by atoms with van der Waals surface area (Å²) in [6.07, 6.45) is 0. The highest BCUT2D eigenvalue weighted by Gasteiger charge is 2.16. The smallest absolute Gasteiger partial charge is 0.163 e. The molecular weight excluding hydrogens is 258 g/mol. The zero-order valence-corrected chi connectivity index (χ0v) is 11.6. The van der Waals surface area contributed by atoms with Gasteiger partial charge in [-0.15, -0.1) is 0 Å². The van der Waals surface area contributed by atoms with Gasteiger partial charge in [-0.2, -0.15) is 0 Å². The van der Waals surface area contributed by atoms with Crippen LogP contribution in [0.2, 0.25) is 0 Å². The minimum Gasteiger partial charge on any atom is -0.373 e. The average molecular weight is 276 g/mol. The molecule has 2 aromatic carbocycles. The normalized spacial score (nSPS) is 12.2. The van der Waals surface area contributed by atoms with Crippen molar-refractivity contribution in [1.29, 1.82) is 0 Å². The Morgan fingerprint density at radius 3 is 2.55 bits per heavy atom. The van der Waals surface area contributed by atoms with Crippen molar-refractivity contribution in [2.45, 2.75) is 13.0 Å². The van der Waals surface area contributed by atoms with Crippen molar-refractivity contribution in [1.82, 2.24) is 0 Å². The first-order chi connectivity index (χ1) is 9.49. The largest absolute Gasteiger partial charge is 0.373 e. The molecule has 0 spiro atoms. The first-order valence-electron chi connectivity index (χ1n) is 6.46. The summed E-state index contributed by atoms with van der Waals surface area (Å²) >= 11 is 0. The molecule has 0 bridgehead atoms. The topological polar surface area (TPSA) is 29.3 Å². The summed E-state index contributed by atoms with van der Waals surface area (Å²) in [5.41, 5.74) is 8.33. The summed E-state index contributed by atoms with van der Waals surface area (Å²) < 4.78 is 26.9. The molecule has 0 heterocycles. The number of halogens is 2. The van der Waals surface area contributed by atoms with Gasteiger partial charge in [0.2, 0.25) is 0 Å². The molecule has 0 aromatic heterocycles. The van der Waals surface area contributed by atoms with Crippen LogP contribution >= 0.6 is 0 Å². The van der Waals surface area contributed by atoms with Crippen LogP contribution in [0, 0.1) is 18.6 Å². The molecule has 0 aliphatic carbocycles. The maximum absolute atomic E-state index is 13.7. The van der Waals surface area contributed by atoms with Gasteiger partial charge in [0.1, 0.15) is 0 Å². The molecule has 0 aliphatic heterocycles. The van der Waals surface area contributed by atoms with Crippen LogP contribution in [0.15, 0.2) is 42.5 Å². The monoisotopic (exact) mass is 276 g/mol. The van der Waals surface area contributed by atoms with Crippen LogP contribution in [0.25, 0.3) is 0 Å². The molecule has 1 unspecified atom stereocenters. The molecule has 2 N–H and O–H groups in total. The number of likely N-dealkylation sites (N-methyl/N-ethyl adjacent to an activating group) is 1. The van der Waals surface area contributed by atoms with E-state index in [0.717, 1.165) is 17.3 Å². The first-order valence-corrected chi connectivity index (χ1v) is 6.46. The first kappa shape index (κ1) is 14.5. The number of hydrogen-bond donors (Lipinski definition) is 1. The van der Waals surface area contributed by atoms with E-state index in [9.17, 15) is 8.78 Å². The van der Waals surface area contributed by atoms with Crippen molar-refractivity contribution in [3.63, 3.8) is 0 Å². The summed E-state index contributed by atoms with van der Waals surface area (Å²) in [6, 6.07) is 11.4. The highest BCUT2D eigenvalue weighted by Crippen LogP contribution is 2.21. The minimum absolute atomic E-state index is 0.199. The molecular formula is C16H18F2N2. The van der Waals surface area contributed by atoms with Crippen molar-refractivity contribution in [3.8, 4) is 0 Å². The highest BCUT2D eigenvalue weighted by atomic mass is 19.2. The number of hydrogen-bond acceptors (Lipinski definition) is 2. The molecule has 4 heteroatoms. The molecule has 2 aromatic rings. The van der Waals surface area contributed by atoms with E-state index in [0.29, 0.717) is 6.54 Å². The molecule has 2 rings (SSSR count). The molecule has 0 aliphatic rings. The van der Waals surface area contributed by atoms with Crippen molar-refractivity contribution in [2.24, 2.45) is 5.73 Å². The van der Waals surface area contributed by atoms with Crippen LogP contribution < -0.4 is 10.6 Å². The standard InChI is InChI=1S/C16H18F2N2/c1-11-5-3-6-12(9-11)20(2)10-15(19)13-7-4-8-14(17)16(13)18/h3-9,15H,10,19H2,1-2H3. The van der Waals surface area contributed by atoms with E-state index in [2.05, 4.69) is 0 Å². The van der Waals surface area contributed by atoms with Gasteiger partial charge in [-0.1, -0.05) is 24.3 Å². The predicted octanol–water partition coefficient (Wildman–Crippen LogP) is 3.41. The van der Waals surface area contributed by atoms with Crippen molar-refractivity contribution >= 4 is 5.69 Å². The van der Waals surface area contributed by atoms with Gasteiger partial charge in [0, 0.05) is 24.8 Å². The second kappa shape index (κ2) is 6.01. The summed E-state index contributed by atoms with van der Waals surface area (Å²) in [5.74, 6) is -1.73. The second-order valence-corrected chi connectivity index (χ2v) is 4.97. The fraction of sp³-hybridized carbons (Fsp3) is 0.250. The SMILES string of the molecule is Cc1cccc(N(C)CC(N)c2cccc(F)c2F)c1. The highest BCUT2D eigenvalue weighted by molar-refractivity contribution is 5.48. The van der Waals surface area contributed by atoms with Crippen molar-refractivity contribution in [3.05, 3.63) is 65.2 Å². The zero-order valence-electron chi connectivity index (χ0n) is 11.6. The van der Waals surface area contributed by atoms with Crippen LogP contribution in [0.1, 0.15) is 17.2 Å². The van der Waals surface area contributed by atoms with Gasteiger partial charge in [0.15, 0.2) is 11.6 Å². The fourth-order valence-corrected chi connectivity index (χ4v) is 2.17. The molecule has 20 heavy (non-hydrogen) atoms. The third-order valence-corrected chi connectivity index (χ3v) is 3.29. The lowest BCUT2D eigenvalue weighted by Crippen LogP contribution is -2.29. The molecule has 2 nitrogen and oxygen atoms in total. The lowest BCUT2D eigenvalue weighted by atomic mass is 10.1. The molecule has 0 radical (unpaired) electrons. The van der Waals surface area contributed by atoms with Crippen molar-refractivity contribution in [2.75, 3.05) is 18.5 Å². The average Bonchev–Trinajstić information content (AvgIpc) is 2.41. The van der Waals surface area contributed by atoms with Crippen LogP contribution in [0.5, 0.6) is 0 Å². The van der Waals surface area contributed by atoms with Crippen LogP contribution in [-0.2, 0) is 0 Å². The van der Waals surface area contributed by atoms with E-state index in [4.69, 9.17) is 5.73 Å². The number of benzene rings is 2. The van der Waals surface area contributed by atoms with Gasteiger partial charge >= 0.3 is 0 Å². The van der Waals surface area contributed by atoms with E-state index in [1.165, 1.54) is 12.1 Å². The predicted molar refractivity (Wildman–Crippen MR) is 77.7 cm³/mol. The Kier molecular flexibility index (Phi) is 4.35.